The summed E-state index contributed by atoms with van der Waals surface area (Å²) in [5.74, 6) is -0.777. The van der Waals surface area contributed by atoms with Crippen LogP contribution in [0.2, 0.25) is 0 Å². The second-order valence-electron chi connectivity index (χ2n) is 4.85. The zero-order chi connectivity index (χ0) is 12.0. The summed E-state index contributed by atoms with van der Waals surface area (Å²) in [7, 11) is 1.67. The van der Waals surface area contributed by atoms with Crippen LogP contribution in [0.3, 0.4) is 0 Å². The molecule has 0 aromatic heterocycles. The molecule has 0 radical (unpaired) electrons. The first-order chi connectivity index (χ1) is 8.35. The summed E-state index contributed by atoms with van der Waals surface area (Å²) in [6, 6.07) is 0. The van der Waals surface area contributed by atoms with Crippen molar-refractivity contribution in [3.05, 3.63) is 0 Å². The predicted octanol–water partition coefficient (Wildman–Crippen LogP) is 2.46. The van der Waals surface area contributed by atoms with Gasteiger partial charge in [-0.1, -0.05) is 19.3 Å². The van der Waals surface area contributed by atoms with Gasteiger partial charge in [-0.05, 0) is 19.3 Å². The zero-order valence-electron chi connectivity index (χ0n) is 10.8. The predicted molar refractivity (Wildman–Crippen MR) is 63.7 cm³/mol. The molecule has 0 aromatic carbocycles. The van der Waals surface area contributed by atoms with Crippen molar-refractivity contribution in [3.63, 3.8) is 0 Å². The van der Waals surface area contributed by atoms with E-state index in [1.54, 1.807) is 7.11 Å². The molecule has 1 aliphatic heterocycles. The smallest absolute Gasteiger partial charge is 0.283 e. The average Bonchev–Trinajstić information content (AvgIpc) is 2.80. The Morgan fingerprint density at radius 2 is 1.94 bits per heavy atom. The molecule has 0 N–H and O–H groups in total. The average molecular weight is 244 g/mol. The molecule has 0 aromatic rings. The molecule has 1 unspecified atom stereocenters. The van der Waals surface area contributed by atoms with E-state index >= 15 is 0 Å². The Hall–Kier alpha value is -0.160. The van der Waals surface area contributed by atoms with Gasteiger partial charge >= 0.3 is 0 Å². The fourth-order valence-corrected chi connectivity index (χ4v) is 2.55. The van der Waals surface area contributed by atoms with Gasteiger partial charge in [-0.2, -0.15) is 0 Å². The SMILES string of the molecule is COCCOC1(OC2CCCCC2)CCCO1. The second-order valence-corrected chi connectivity index (χ2v) is 4.85. The van der Waals surface area contributed by atoms with Gasteiger partial charge in [-0.15, -0.1) is 0 Å². The first-order valence-electron chi connectivity index (χ1n) is 6.79. The summed E-state index contributed by atoms with van der Waals surface area (Å²) in [5, 5.41) is 0. The van der Waals surface area contributed by atoms with Crippen LogP contribution in [0.15, 0.2) is 0 Å². The molecular weight excluding hydrogens is 220 g/mol. The van der Waals surface area contributed by atoms with Crippen LogP contribution in [0.25, 0.3) is 0 Å². The number of ether oxygens (including phenoxy) is 4. The fourth-order valence-electron chi connectivity index (χ4n) is 2.55. The maximum Gasteiger partial charge on any atom is 0.283 e. The molecular formula is C13H24O4. The molecule has 0 amide bonds. The number of rotatable bonds is 6. The van der Waals surface area contributed by atoms with Gasteiger partial charge in [0.25, 0.3) is 5.97 Å². The van der Waals surface area contributed by atoms with Crippen LogP contribution in [0, 0.1) is 0 Å². The molecule has 4 nitrogen and oxygen atoms in total. The number of hydrogen-bond donors (Lipinski definition) is 0. The minimum atomic E-state index is -0.777. The van der Waals surface area contributed by atoms with Crippen molar-refractivity contribution in [2.75, 3.05) is 26.9 Å². The van der Waals surface area contributed by atoms with Gasteiger partial charge in [-0.25, -0.2) is 0 Å². The molecule has 100 valence electrons. The van der Waals surface area contributed by atoms with E-state index in [2.05, 4.69) is 0 Å². The van der Waals surface area contributed by atoms with Crippen molar-refractivity contribution in [1.29, 1.82) is 0 Å². The van der Waals surface area contributed by atoms with E-state index < -0.39 is 5.97 Å². The fraction of sp³-hybridized carbons (Fsp3) is 1.00. The van der Waals surface area contributed by atoms with Gasteiger partial charge in [0.1, 0.15) is 0 Å². The molecule has 4 heteroatoms. The Morgan fingerprint density at radius 1 is 1.12 bits per heavy atom. The summed E-state index contributed by atoms with van der Waals surface area (Å²) >= 11 is 0. The Kier molecular flexibility index (Phi) is 5.22. The summed E-state index contributed by atoms with van der Waals surface area (Å²) in [6.07, 6.45) is 8.30. The van der Waals surface area contributed by atoms with Crippen LogP contribution in [-0.4, -0.2) is 39.0 Å². The quantitative estimate of drug-likeness (QED) is 0.531. The van der Waals surface area contributed by atoms with E-state index in [1.807, 2.05) is 0 Å². The van der Waals surface area contributed by atoms with Gasteiger partial charge in [0.15, 0.2) is 0 Å². The maximum atomic E-state index is 6.09. The van der Waals surface area contributed by atoms with E-state index in [0.29, 0.717) is 19.3 Å². The molecule has 0 bridgehead atoms. The highest BCUT2D eigenvalue weighted by Gasteiger charge is 2.40. The highest BCUT2D eigenvalue weighted by atomic mass is 16.9. The van der Waals surface area contributed by atoms with E-state index in [9.17, 15) is 0 Å². The van der Waals surface area contributed by atoms with Crippen molar-refractivity contribution < 1.29 is 18.9 Å². The van der Waals surface area contributed by atoms with Crippen LogP contribution in [-0.2, 0) is 18.9 Å². The highest BCUT2D eigenvalue weighted by molar-refractivity contribution is 4.72. The van der Waals surface area contributed by atoms with E-state index in [-0.39, 0.29) is 0 Å². The minimum Gasteiger partial charge on any atom is -0.382 e. The Labute approximate surface area is 104 Å². The van der Waals surface area contributed by atoms with Crippen molar-refractivity contribution >= 4 is 0 Å². The highest BCUT2D eigenvalue weighted by Crippen LogP contribution is 2.33. The zero-order valence-corrected chi connectivity index (χ0v) is 10.8. The van der Waals surface area contributed by atoms with Crippen molar-refractivity contribution in [1.82, 2.24) is 0 Å². The molecule has 1 heterocycles. The standard InChI is InChI=1S/C13H24O4/c1-14-10-11-16-13(8-5-9-15-13)17-12-6-3-2-4-7-12/h12H,2-11H2,1H3. The van der Waals surface area contributed by atoms with Crippen LogP contribution in [0.4, 0.5) is 0 Å². The topological polar surface area (TPSA) is 36.9 Å². The normalized spacial score (nSPS) is 30.9. The summed E-state index contributed by atoms with van der Waals surface area (Å²) in [6.45, 7) is 1.85. The van der Waals surface area contributed by atoms with Gasteiger partial charge in [0, 0.05) is 13.5 Å². The summed E-state index contributed by atoms with van der Waals surface area (Å²) < 4.78 is 22.5. The first kappa shape index (κ1) is 13.3. The van der Waals surface area contributed by atoms with Crippen LogP contribution >= 0.6 is 0 Å². The van der Waals surface area contributed by atoms with Crippen molar-refractivity contribution in [2.24, 2.45) is 0 Å². The van der Waals surface area contributed by atoms with E-state index in [0.717, 1.165) is 32.3 Å². The van der Waals surface area contributed by atoms with Crippen molar-refractivity contribution in [3.8, 4) is 0 Å². The molecule has 17 heavy (non-hydrogen) atoms. The molecule has 2 rings (SSSR count). The Bertz CT molecular complexity index is 207. The lowest BCUT2D eigenvalue weighted by Gasteiger charge is -2.34. The van der Waals surface area contributed by atoms with Gasteiger partial charge in [0.2, 0.25) is 0 Å². The maximum absolute atomic E-state index is 6.09. The third kappa shape index (κ3) is 3.91. The molecule has 2 fully saturated rings. The molecule has 0 spiro atoms. The molecule has 1 atom stereocenters. The second kappa shape index (κ2) is 6.69. The molecule has 1 saturated carbocycles. The van der Waals surface area contributed by atoms with Gasteiger partial charge in [0.05, 0.1) is 25.9 Å². The molecule has 1 aliphatic carbocycles. The lowest BCUT2D eigenvalue weighted by atomic mass is 9.98. The first-order valence-corrected chi connectivity index (χ1v) is 6.79. The van der Waals surface area contributed by atoms with Crippen LogP contribution < -0.4 is 0 Å². The molecule has 1 saturated heterocycles. The monoisotopic (exact) mass is 244 g/mol. The summed E-state index contributed by atoms with van der Waals surface area (Å²) in [4.78, 5) is 0. The van der Waals surface area contributed by atoms with E-state index in [1.165, 1.54) is 19.3 Å². The number of hydrogen-bond acceptors (Lipinski definition) is 4. The van der Waals surface area contributed by atoms with Crippen molar-refractivity contribution in [2.45, 2.75) is 57.0 Å². The van der Waals surface area contributed by atoms with E-state index in [4.69, 9.17) is 18.9 Å². The van der Waals surface area contributed by atoms with Crippen LogP contribution in [0.1, 0.15) is 44.9 Å². The Balaban J connectivity index is 1.82. The third-order valence-corrected chi connectivity index (χ3v) is 3.46. The lowest BCUT2D eigenvalue weighted by Crippen LogP contribution is -2.40. The lowest BCUT2D eigenvalue weighted by molar-refractivity contribution is -0.378. The minimum absolute atomic E-state index is 0.310. The molecule has 2 aliphatic rings. The van der Waals surface area contributed by atoms with Crippen LogP contribution in [0.5, 0.6) is 0 Å². The summed E-state index contributed by atoms with van der Waals surface area (Å²) in [5.41, 5.74) is 0. The Morgan fingerprint density at radius 3 is 2.59 bits per heavy atom. The van der Waals surface area contributed by atoms with Gasteiger partial charge in [-0.3, -0.25) is 0 Å². The third-order valence-electron chi connectivity index (χ3n) is 3.46. The van der Waals surface area contributed by atoms with Gasteiger partial charge < -0.3 is 18.9 Å². The largest absolute Gasteiger partial charge is 0.382 e. The number of methoxy groups -OCH3 is 1.